The fraction of sp³-hybridized carbons (Fsp3) is 0.111. The monoisotopic (exact) mass is 335 g/mol. The molecule has 0 aliphatic carbocycles. The number of aromatic nitrogens is 2. The van der Waals surface area contributed by atoms with Gasteiger partial charge in [0.1, 0.15) is 0 Å². The van der Waals surface area contributed by atoms with Crippen LogP contribution in [0.15, 0.2) is 59.3 Å². The maximum atomic E-state index is 12.4. The van der Waals surface area contributed by atoms with Crippen LogP contribution in [0, 0.1) is 0 Å². The normalized spacial score (nSPS) is 16.0. The molecular formula is C18H13N3O4. The zero-order valence-corrected chi connectivity index (χ0v) is 13.0. The summed E-state index contributed by atoms with van der Waals surface area (Å²) in [5.41, 5.74) is 2.65. The van der Waals surface area contributed by atoms with Crippen LogP contribution in [0.1, 0.15) is 15.9 Å². The lowest BCUT2D eigenvalue weighted by atomic mass is 9.98. The highest BCUT2D eigenvalue weighted by Crippen LogP contribution is 2.22. The van der Waals surface area contributed by atoms with E-state index in [0.29, 0.717) is 23.6 Å². The topological polar surface area (TPSA) is 94.3 Å². The number of rotatable bonds is 3. The van der Waals surface area contributed by atoms with Gasteiger partial charge in [0.05, 0.1) is 5.56 Å². The molecule has 0 spiro atoms. The number of hydrogen-bond acceptors (Lipinski definition) is 6. The predicted molar refractivity (Wildman–Crippen MR) is 87.7 cm³/mol. The number of benzene rings is 2. The molecule has 1 atom stereocenters. The summed E-state index contributed by atoms with van der Waals surface area (Å²) < 4.78 is 10.4. The molecule has 4 rings (SSSR count). The van der Waals surface area contributed by atoms with Gasteiger partial charge in [0.25, 0.3) is 5.91 Å². The molecule has 3 aromatic rings. The number of cyclic esters (lactones) is 1. The zero-order valence-electron chi connectivity index (χ0n) is 13.0. The minimum absolute atomic E-state index is 0.355. The highest BCUT2D eigenvalue weighted by atomic mass is 16.5. The summed E-state index contributed by atoms with van der Waals surface area (Å²) in [5, 5.41) is 10.2. The Hall–Kier alpha value is -3.48. The van der Waals surface area contributed by atoms with Gasteiger partial charge in [-0.2, -0.15) is 0 Å². The number of esters is 1. The van der Waals surface area contributed by atoms with E-state index in [1.807, 2.05) is 12.1 Å². The van der Waals surface area contributed by atoms with Crippen LogP contribution in [0.4, 0.5) is 5.69 Å². The van der Waals surface area contributed by atoms with Crippen molar-refractivity contribution in [2.24, 2.45) is 0 Å². The summed E-state index contributed by atoms with van der Waals surface area (Å²) >= 11 is 0. The number of nitrogens with one attached hydrogen (secondary N) is 1. The van der Waals surface area contributed by atoms with E-state index < -0.39 is 12.1 Å². The Labute approximate surface area is 142 Å². The molecule has 1 amide bonds. The van der Waals surface area contributed by atoms with E-state index in [-0.39, 0.29) is 5.91 Å². The van der Waals surface area contributed by atoms with E-state index in [4.69, 9.17) is 9.15 Å². The molecule has 0 saturated heterocycles. The molecule has 7 heteroatoms. The van der Waals surface area contributed by atoms with Crippen LogP contribution >= 0.6 is 0 Å². The van der Waals surface area contributed by atoms with Crippen molar-refractivity contribution in [1.82, 2.24) is 10.2 Å². The maximum absolute atomic E-state index is 12.4. The lowest BCUT2D eigenvalue weighted by Gasteiger charge is -2.23. The van der Waals surface area contributed by atoms with Crippen LogP contribution in [0.5, 0.6) is 0 Å². The van der Waals surface area contributed by atoms with E-state index in [1.165, 1.54) is 6.39 Å². The number of carbonyl (C=O) groups excluding carboxylic acids is 2. The number of ether oxygens (including phenoxy) is 1. The molecule has 1 N–H and O–H groups in total. The number of fused-ring (bicyclic) bond motifs is 1. The average Bonchev–Trinajstić information content (AvgIpc) is 3.17. The molecule has 0 fully saturated rings. The van der Waals surface area contributed by atoms with Gasteiger partial charge in [-0.15, -0.1) is 10.2 Å². The third-order valence-corrected chi connectivity index (χ3v) is 3.94. The quantitative estimate of drug-likeness (QED) is 0.739. The van der Waals surface area contributed by atoms with Crippen LogP contribution in [-0.4, -0.2) is 28.2 Å². The SMILES string of the molecule is O=C1O[C@H](C(=O)Nc2ccc(-c3nnco3)cc2)Cc2ccccc21. The average molecular weight is 335 g/mol. The second-order valence-corrected chi connectivity index (χ2v) is 5.57. The zero-order chi connectivity index (χ0) is 17.2. The Morgan fingerprint density at radius 3 is 2.68 bits per heavy atom. The van der Waals surface area contributed by atoms with Crippen molar-refractivity contribution in [2.45, 2.75) is 12.5 Å². The second-order valence-electron chi connectivity index (χ2n) is 5.57. The van der Waals surface area contributed by atoms with E-state index in [9.17, 15) is 9.59 Å². The Kier molecular flexibility index (Phi) is 3.74. The molecule has 7 nitrogen and oxygen atoms in total. The van der Waals surface area contributed by atoms with Crippen molar-refractivity contribution in [1.29, 1.82) is 0 Å². The van der Waals surface area contributed by atoms with E-state index >= 15 is 0 Å². The highest BCUT2D eigenvalue weighted by Gasteiger charge is 2.31. The summed E-state index contributed by atoms with van der Waals surface area (Å²) in [5.74, 6) is -0.446. The first kappa shape index (κ1) is 15.1. The standard InChI is InChI=1S/C18H13N3O4/c22-16(15-9-12-3-1-2-4-14(12)18(23)25-15)20-13-7-5-11(6-8-13)17-21-19-10-24-17/h1-8,10,15H,9H2,(H,20,22)/t15-/m0/s1. The first-order valence-electron chi connectivity index (χ1n) is 7.67. The van der Waals surface area contributed by atoms with Gasteiger partial charge in [0, 0.05) is 17.7 Å². The van der Waals surface area contributed by atoms with Gasteiger partial charge in [-0.3, -0.25) is 4.79 Å². The fourth-order valence-corrected chi connectivity index (χ4v) is 2.70. The molecule has 0 bridgehead atoms. The largest absolute Gasteiger partial charge is 0.448 e. The highest BCUT2D eigenvalue weighted by molar-refractivity contribution is 6.00. The number of carbonyl (C=O) groups is 2. The van der Waals surface area contributed by atoms with Gasteiger partial charge >= 0.3 is 5.97 Å². The smallest absolute Gasteiger partial charge is 0.339 e. The molecular weight excluding hydrogens is 322 g/mol. The molecule has 1 aliphatic heterocycles. The van der Waals surface area contributed by atoms with Gasteiger partial charge in [-0.25, -0.2) is 4.79 Å². The molecule has 0 unspecified atom stereocenters. The van der Waals surface area contributed by atoms with Gasteiger partial charge < -0.3 is 14.5 Å². The minimum atomic E-state index is -0.849. The first-order valence-corrected chi connectivity index (χ1v) is 7.67. The van der Waals surface area contributed by atoms with Crippen molar-refractivity contribution in [3.63, 3.8) is 0 Å². The van der Waals surface area contributed by atoms with Gasteiger partial charge in [-0.1, -0.05) is 18.2 Å². The molecule has 2 heterocycles. The maximum Gasteiger partial charge on any atom is 0.339 e. The fourth-order valence-electron chi connectivity index (χ4n) is 2.70. The van der Waals surface area contributed by atoms with Crippen molar-refractivity contribution in [3.8, 4) is 11.5 Å². The molecule has 25 heavy (non-hydrogen) atoms. The van der Waals surface area contributed by atoms with Crippen molar-refractivity contribution >= 4 is 17.6 Å². The Bertz CT molecular complexity index is 920. The van der Waals surface area contributed by atoms with Crippen LogP contribution in [0.3, 0.4) is 0 Å². The van der Waals surface area contributed by atoms with Crippen LogP contribution in [-0.2, 0) is 16.0 Å². The molecule has 1 aliphatic rings. The van der Waals surface area contributed by atoms with Gasteiger partial charge in [-0.05, 0) is 35.9 Å². The summed E-state index contributed by atoms with van der Waals surface area (Å²) in [4.78, 5) is 24.4. The van der Waals surface area contributed by atoms with E-state index in [0.717, 1.165) is 11.1 Å². The number of anilines is 1. The Morgan fingerprint density at radius 1 is 1.12 bits per heavy atom. The van der Waals surface area contributed by atoms with Crippen LogP contribution in [0.25, 0.3) is 11.5 Å². The molecule has 0 saturated carbocycles. The summed E-state index contributed by atoms with van der Waals surface area (Å²) in [7, 11) is 0. The Morgan fingerprint density at radius 2 is 1.92 bits per heavy atom. The molecule has 1 aromatic heterocycles. The first-order chi connectivity index (χ1) is 12.2. The number of nitrogens with zero attached hydrogens (tertiary/aromatic N) is 2. The van der Waals surface area contributed by atoms with E-state index in [1.54, 1.807) is 36.4 Å². The predicted octanol–water partition coefficient (Wildman–Crippen LogP) is 2.46. The van der Waals surface area contributed by atoms with Gasteiger partial charge in [0.15, 0.2) is 6.10 Å². The van der Waals surface area contributed by atoms with Crippen molar-refractivity contribution < 1.29 is 18.7 Å². The van der Waals surface area contributed by atoms with Crippen LogP contribution in [0.2, 0.25) is 0 Å². The second kappa shape index (κ2) is 6.20. The third-order valence-electron chi connectivity index (χ3n) is 3.94. The Balaban J connectivity index is 1.47. The molecule has 2 aromatic carbocycles. The number of amides is 1. The van der Waals surface area contributed by atoms with Crippen LogP contribution < -0.4 is 5.32 Å². The lowest BCUT2D eigenvalue weighted by Crippen LogP contribution is -2.37. The summed E-state index contributed by atoms with van der Waals surface area (Å²) in [6, 6.07) is 14.1. The number of hydrogen-bond donors (Lipinski definition) is 1. The summed E-state index contributed by atoms with van der Waals surface area (Å²) in [6.07, 6.45) is 0.756. The van der Waals surface area contributed by atoms with Crippen molar-refractivity contribution in [2.75, 3.05) is 5.32 Å². The third kappa shape index (κ3) is 2.99. The molecule has 124 valence electrons. The van der Waals surface area contributed by atoms with Gasteiger partial charge in [0.2, 0.25) is 12.3 Å². The minimum Gasteiger partial charge on any atom is -0.448 e. The summed E-state index contributed by atoms with van der Waals surface area (Å²) in [6.45, 7) is 0. The lowest BCUT2D eigenvalue weighted by molar-refractivity contribution is -0.125. The van der Waals surface area contributed by atoms with E-state index in [2.05, 4.69) is 15.5 Å². The molecule has 0 radical (unpaired) electrons. The van der Waals surface area contributed by atoms with Crippen molar-refractivity contribution in [3.05, 3.63) is 66.1 Å².